The fraction of sp³-hybridized carbons (Fsp3) is 0.0833. The normalized spacial score (nSPS) is 14.4. The van der Waals surface area contributed by atoms with Crippen molar-refractivity contribution in [3.63, 3.8) is 0 Å². The van der Waals surface area contributed by atoms with Gasteiger partial charge in [-0.1, -0.05) is 71.8 Å². The second-order valence-electron chi connectivity index (χ2n) is 6.83. The molecule has 1 heterocycles. The second kappa shape index (κ2) is 7.45. The van der Waals surface area contributed by atoms with E-state index in [1.54, 1.807) is 29.2 Å². The van der Waals surface area contributed by atoms with Gasteiger partial charge in [0.15, 0.2) is 5.78 Å². The lowest BCUT2D eigenvalue weighted by Crippen LogP contribution is -2.25. The third-order valence-corrected chi connectivity index (χ3v) is 5.05. The van der Waals surface area contributed by atoms with Crippen molar-refractivity contribution in [3.8, 4) is 0 Å². The molecule has 138 valence electrons. The maximum absolute atomic E-state index is 13.2. The number of halogens is 1. The Morgan fingerprint density at radius 2 is 1.71 bits per heavy atom. The number of amides is 1. The number of aryl methyl sites for hydroxylation is 1. The molecule has 0 aromatic heterocycles. The van der Waals surface area contributed by atoms with E-state index in [-0.39, 0.29) is 11.7 Å². The van der Waals surface area contributed by atoms with Crippen molar-refractivity contribution in [2.75, 3.05) is 4.90 Å². The molecular weight excluding hydrogens is 370 g/mol. The van der Waals surface area contributed by atoms with Crippen LogP contribution >= 0.6 is 11.6 Å². The second-order valence-corrected chi connectivity index (χ2v) is 7.26. The molecule has 28 heavy (non-hydrogen) atoms. The Labute approximate surface area is 168 Å². The van der Waals surface area contributed by atoms with E-state index in [1.165, 1.54) is 6.08 Å². The van der Waals surface area contributed by atoms with Crippen LogP contribution in [0.5, 0.6) is 0 Å². The molecule has 0 saturated carbocycles. The molecule has 0 atom stereocenters. The minimum Gasteiger partial charge on any atom is -0.303 e. The molecule has 4 heteroatoms. The molecule has 0 radical (unpaired) electrons. The van der Waals surface area contributed by atoms with Gasteiger partial charge in [-0.25, -0.2) is 0 Å². The summed E-state index contributed by atoms with van der Waals surface area (Å²) < 4.78 is 0. The summed E-state index contributed by atoms with van der Waals surface area (Å²) in [7, 11) is 0. The maximum atomic E-state index is 13.2. The fourth-order valence-electron chi connectivity index (χ4n) is 3.32. The van der Waals surface area contributed by atoms with Gasteiger partial charge in [-0.05, 0) is 36.8 Å². The monoisotopic (exact) mass is 387 g/mol. The van der Waals surface area contributed by atoms with E-state index >= 15 is 0 Å². The van der Waals surface area contributed by atoms with Gasteiger partial charge >= 0.3 is 0 Å². The number of hydrogen-bond acceptors (Lipinski definition) is 2. The molecule has 0 unspecified atom stereocenters. The molecule has 0 aliphatic carbocycles. The Hall–Kier alpha value is -3.17. The van der Waals surface area contributed by atoms with Gasteiger partial charge in [0.05, 0.1) is 17.8 Å². The van der Waals surface area contributed by atoms with Crippen molar-refractivity contribution < 1.29 is 9.59 Å². The lowest BCUT2D eigenvalue weighted by molar-refractivity contribution is -0.113. The van der Waals surface area contributed by atoms with Gasteiger partial charge in [-0.3, -0.25) is 9.59 Å². The molecule has 0 saturated heterocycles. The molecule has 4 rings (SSSR count). The lowest BCUT2D eigenvalue weighted by Gasteiger charge is -2.17. The number of nitrogens with zero attached hydrogens (tertiary/aromatic N) is 1. The first-order valence-corrected chi connectivity index (χ1v) is 9.39. The van der Waals surface area contributed by atoms with Gasteiger partial charge in [-0.2, -0.15) is 0 Å². The van der Waals surface area contributed by atoms with Gasteiger partial charge in [-0.15, -0.1) is 0 Å². The van der Waals surface area contributed by atoms with Gasteiger partial charge in [0.25, 0.3) is 5.91 Å². The molecular formula is C24H18ClNO2. The largest absolute Gasteiger partial charge is 0.303 e. The Morgan fingerprint density at radius 1 is 1.00 bits per heavy atom. The highest BCUT2D eigenvalue weighted by atomic mass is 35.5. The average molecular weight is 388 g/mol. The zero-order valence-electron chi connectivity index (χ0n) is 15.4. The molecule has 0 spiro atoms. The molecule has 1 aliphatic rings. The van der Waals surface area contributed by atoms with E-state index in [4.69, 9.17) is 11.6 Å². The van der Waals surface area contributed by atoms with E-state index in [0.717, 1.165) is 16.8 Å². The van der Waals surface area contributed by atoms with Crippen LogP contribution < -0.4 is 4.90 Å². The number of hydrogen-bond donors (Lipinski definition) is 0. The summed E-state index contributed by atoms with van der Waals surface area (Å²) in [6.45, 7) is 2.40. The number of rotatable bonds is 4. The van der Waals surface area contributed by atoms with Gasteiger partial charge in [0.2, 0.25) is 0 Å². The van der Waals surface area contributed by atoms with E-state index in [2.05, 4.69) is 0 Å². The molecule has 0 N–H and O–H groups in total. The van der Waals surface area contributed by atoms with E-state index < -0.39 is 0 Å². The van der Waals surface area contributed by atoms with E-state index in [1.807, 2.05) is 55.5 Å². The SMILES string of the molecule is Cc1ccc(C(=O)/C=C2/C(=O)N(Cc3ccccc3)c3ccc(Cl)cc32)cc1. The van der Waals surface area contributed by atoms with Crippen molar-refractivity contribution >= 4 is 34.6 Å². The quantitative estimate of drug-likeness (QED) is 0.440. The van der Waals surface area contributed by atoms with E-state index in [9.17, 15) is 9.59 Å². The standard InChI is InChI=1S/C24H18ClNO2/c1-16-7-9-18(10-8-16)23(27)14-21-20-13-19(25)11-12-22(20)26(24(21)28)15-17-5-3-2-4-6-17/h2-14H,15H2,1H3/b21-14+. The Balaban J connectivity index is 1.73. The number of carbonyl (C=O) groups is 2. The van der Waals surface area contributed by atoms with Crippen LogP contribution in [-0.4, -0.2) is 11.7 Å². The van der Waals surface area contributed by atoms with Gasteiger partial charge in [0, 0.05) is 16.1 Å². The summed E-state index contributed by atoms with van der Waals surface area (Å²) >= 11 is 6.17. The van der Waals surface area contributed by atoms with Crippen LogP contribution in [0.2, 0.25) is 5.02 Å². The number of anilines is 1. The molecule has 3 nitrogen and oxygen atoms in total. The first-order chi connectivity index (χ1) is 13.5. The first-order valence-electron chi connectivity index (χ1n) is 9.01. The van der Waals surface area contributed by atoms with Crippen LogP contribution in [0.15, 0.2) is 78.9 Å². The highest BCUT2D eigenvalue weighted by Gasteiger charge is 2.33. The molecule has 3 aromatic carbocycles. The van der Waals surface area contributed by atoms with Crippen LogP contribution in [0.1, 0.15) is 27.0 Å². The van der Waals surface area contributed by atoms with Crippen molar-refractivity contribution in [3.05, 3.63) is 106 Å². The smallest absolute Gasteiger partial charge is 0.259 e. The van der Waals surface area contributed by atoms with Crippen LogP contribution in [-0.2, 0) is 11.3 Å². The third kappa shape index (κ3) is 3.49. The Kier molecular flexibility index (Phi) is 4.84. The van der Waals surface area contributed by atoms with Crippen molar-refractivity contribution in [2.24, 2.45) is 0 Å². The van der Waals surface area contributed by atoms with Crippen molar-refractivity contribution in [1.29, 1.82) is 0 Å². The number of carbonyl (C=O) groups excluding carboxylic acids is 2. The van der Waals surface area contributed by atoms with Crippen LogP contribution in [0.25, 0.3) is 5.57 Å². The Bertz CT molecular complexity index is 1090. The molecule has 0 bridgehead atoms. The highest BCUT2D eigenvalue weighted by molar-refractivity contribution is 6.37. The van der Waals surface area contributed by atoms with Crippen LogP contribution in [0, 0.1) is 6.92 Å². The summed E-state index contributed by atoms with van der Waals surface area (Å²) in [4.78, 5) is 27.6. The number of fused-ring (bicyclic) bond motifs is 1. The zero-order chi connectivity index (χ0) is 19.7. The number of benzene rings is 3. The lowest BCUT2D eigenvalue weighted by atomic mass is 10.0. The van der Waals surface area contributed by atoms with Crippen molar-refractivity contribution in [1.82, 2.24) is 0 Å². The van der Waals surface area contributed by atoms with Gasteiger partial charge < -0.3 is 4.90 Å². The predicted molar refractivity (Wildman–Crippen MR) is 113 cm³/mol. The summed E-state index contributed by atoms with van der Waals surface area (Å²) in [5.41, 5.74) is 4.47. The van der Waals surface area contributed by atoms with E-state index in [0.29, 0.717) is 28.3 Å². The third-order valence-electron chi connectivity index (χ3n) is 4.81. The fourth-order valence-corrected chi connectivity index (χ4v) is 3.50. The molecule has 3 aromatic rings. The predicted octanol–water partition coefficient (Wildman–Crippen LogP) is 5.46. The van der Waals surface area contributed by atoms with Crippen LogP contribution in [0.3, 0.4) is 0 Å². The summed E-state index contributed by atoms with van der Waals surface area (Å²) in [6, 6.07) is 22.4. The first kappa shape index (κ1) is 18.2. The van der Waals surface area contributed by atoms with Crippen LogP contribution in [0.4, 0.5) is 5.69 Å². The summed E-state index contributed by atoms with van der Waals surface area (Å²) in [5, 5.41) is 0.529. The molecule has 0 fully saturated rings. The summed E-state index contributed by atoms with van der Waals surface area (Å²) in [5.74, 6) is -0.391. The number of ketones is 1. The summed E-state index contributed by atoms with van der Waals surface area (Å²) in [6.07, 6.45) is 1.42. The minimum atomic E-state index is -0.198. The zero-order valence-corrected chi connectivity index (χ0v) is 16.1. The average Bonchev–Trinajstić information content (AvgIpc) is 2.94. The number of allylic oxidation sites excluding steroid dienone is 1. The molecule has 1 aliphatic heterocycles. The highest BCUT2D eigenvalue weighted by Crippen LogP contribution is 2.39. The van der Waals surface area contributed by atoms with Crippen molar-refractivity contribution in [2.45, 2.75) is 13.5 Å². The minimum absolute atomic E-state index is 0.193. The topological polar surface area (TPSA) is 37.4 Å². The van der Waals surface area contributed by atoms with Gasteiger partial charge in [0.1, 0.15) is 0 Å². The molecule has 1 amide bonds. The maximum Gasteiger partial charge on any atom is 0.259 e. The Morgan fingerprint density at radius 3 is 2.43 bits per heavy atom.